The second-order valence-electron chi connectivity index (χ2n) is 5.76. The minimum absolute atomic E-state index is 0.0258. The van der Waals surface area contributed by atoms with Crippen LogP contribution < -0.4 is 5.32 Å². The average molecular weight is 284 g/mol. The van der Waals surface area contributed by atoms with E-state index in [0.717, 1.165) is 6.42 Å². The molecule has 1 fully saturated rings. The molecule has 1 aliphatic heterocycles. The van der Waals surface area contributed by atoms with Crippen LogP contribution in [0.1, 0.15) is 47.0 Å². The van der Waals surface area contributed by atoms with Crippen LogP contribution in [0.3, 0.4) is 0 Å². The zero-order valence-electron chi connectivity index (χ0n) is 13.1. The van der Waals surface area contributed by atoms with Crippen LogP contribution in [0.4, 0.5) is 0 Å². The van der Waals surface area contributed by atoms with Crippen LogP contribution in [0.25, 0.3) is 0 Å². The maximum atomic E-state index is 12.4. The lowest BCUT2D eigenvalue weighted by molar-refractivity contribution is -0.150. The molecule has 1 aliphatic rings. The largest absolute Gasteiger partial charge is 0.380 e. The van der Waals surface area contributed by atoms with Gasteiger partial charge < -0.3 is 15.0 Å². The molecule has 5 heteroatoms. The molecule has 1 rings (SSSR count). The molecule has 0 saturated carbocycles. The fourth-order valence-electron chi connectivity index (χ4n) is 2.46. The standard InChI is InChI=1S/C15H28N2O3/c1-5-8-20-9-7-17-13(10-11(3)4)14(18)16-12(6-2)15(17)19/h11-13H,5-10H2,1-4H3,(H,16,18). The van der Waals surface area contributed by atoms with Gasteiger partial charge in [-0.15, -0.1) is 0 Å². The first kappa shape index (κ1) is 17.0. The van der Waals surface area contributed by atoms with Crippen LogP contribution in [0.2, 0.25) is 0 Å². The zero-order valence-corrected chi connectivity index (χ0v) is 13.1. The Kier molecular flexibility index (Phi) is 6.99. The molecule has 1 heterocycles. The lowest BCUT2D eigenvalue weighted by Crippen LogP contribution is -2.63. The van der Waals surface area contributed by atoms with Gasteiger partial charge in [0.25, 0.3) is 0 Å². The van der Waals surface area contributed by atoms with Crippen molar-refractivity contribution in [1.82, 2.24) is 10.2 Å². The van der Waals surface area contributed by atoms with Gasteiger partial charge in [0, 0.05) is 13.2 Å². The van der Waals surface area contributed by atoms with Gasteiger partial charge in [0.05, 0.1) is 6.61 Å². The topological polar surface area (TPSA) is 58.6 Å². The summed E-state index contributed by atoms with van der Waals surface area (Å²) < 4.78 is 5.47. The van der Waals surface area contributed by atoms with Gasteiger partial charge in [-0.2, -0.15) is 0 Å². The highest BCUT2D eigenvalue weighted by Gasteiger charge is 2.39. The Morgan fingerprint density at radius 3 is 2.50 bits per heavy atom. The monoisotopic (exact) mass is 284 g/mol. The second-order valence-corrected chi connectivity index (χ2v) is 5.76. The molecule has 0 aromatic carbocycles. The predicted octanol–water partition coefficient (Wildman–Crippen LogP) is 1.56. The molecule has 2 unspecified atom stereocenters. The first-order chi connectivity index (χ1) is 9.51. The van der Waals surface area contributed by atoms with Crippen molar-refractivity contribution >= 4 is 11.8 Å². The van der Waals surface area contributed by atoms with E-state index in [-0.39, 0.29) is 23.9 Å². The normalized spacial score (nSPS) is 23.4. The number of ether oxygens (including phenoxy) is 1. The Morgan fingerprint density at radius 1 is 1.25 bits per heavy atom. The van der Waals surface area contributed by atoms with Crippen molar-refractivity contribution in [3.05, 3.63) is 0 Å². The molecule has 2 atom stereocenters. The van der Waals surface area contributed by atoms with Crippen LogP contribution in [-0.4, -0.2) is 48.6 Å². The quantitative estimate of drug-likeness (QED) is 0.688. The Morgan fingerprint density at radius 2 is 1.95 bits per heavy atom. The van der Waals surface area contributed by atoms with Crippen molar-refractivity contribution in [3.63, 3.8) is 0 Å². The van der Waals surface area contributed by atoms with Crippen LogP contribution >= 0.6 is 0 Å². The molecule has 0 bridgehead atoms. The fraction of sp³-hybridized carbons (Fsp3) is 0.867. The summed E-state index contributed by atoms with van der Waals surface area (Å²) in [7, 11) is 0. The number of nitrogens with one attached hydrogen (secondary N) is 1. The summed E-state index contributed by atoms with van der Waals surface area (Å²) in [6, 6.07) is -0.729. The third-order valence-corrected chi connectivity index (χ3v) is 3.50. The molecule has 20 heavy (non-hydrogen) atoms. The highest BCUT2D eigenvalue weighted by molar-refractivity contribution is 5.96. The Hall–Kier alpha value is -1.10. The highest BCUT2D eigenvalue weighted by Crippen LogP contribution is 2.18. The summed E-state index contributed by atoms with van der Waals surface area (Å²) in [5, 5.41) is 2.83. The summed E-state index contributed by atoms with van der Waals surface area (Å²) in [4.78, 5) is 26.3. The van der Waals surface area contributed by atoms with Gasteiger partial charge in [-0.25, -0.2) is 0 Å². The number of piperazine rings is 1. The predicted molar refractivity (Wildman–Crippen MR) is 78.3 cm³/mol. The van der Waals surface area contributed by atoms with E-state index in [0.29, 0.717) is 38.5 Å². The molecule has 116 valence electrons. The van der Waals surface area contributed by atoms with Gasteiger partial charge in [-0.05, 0) is 25.2 Å². The summed E-state index contributed by atoms with van der Waals surface area (Å²) in [6.07, 6.45) is 2.29. The molecule has 1 N–H and O–H groups in total. The van der Waals surface area contributed by atoms with E-state index in [1.807, 2.05) is 13.8 Å². The number of hydrogen-bond acceptors (Lipinski definition) is 3. The third-order valence-electron chi connectivity index (χ3n) is 3.50. The van der Waals surface area contributed by atoms with Gasteiger partial charge >= 0.3 is 0 Å². The van der Waals surface area contributed by atoms with Crippen molar-refractivity contribution in [1.29, 1.82) is 0 Å². The number of nitrogens with zero attached hydrogens (tertiary/aromatic N) is 1. The first-order valence-electron chi connectivity index (χ1n) is 7.69. The number of hydrogen-bond donors (Lipinski definition) is 1. The van der Waals surface area contributed by atoms with E-state index in [2.05, 4.69) is 19.2 Å². The van der Waals surface area contributed by atoms with Crippen LogP contribution in [0.5, 0.6) is 0 Å². The van der Waals surface area contributed by atoms with Gasteiger partial charge in [-0.3, -0.25) is 9.59 Å². The summed E-state index contributed by atoms with van der Waals surface area (Å²) in [6.45, 7) is 9.79. The van der Waals surface area contributed by atoms with Crippen LogP contribution in [-0.2, 0) is 14.3 Å². The molecule has 0 spiro atoms. The molecule has 2 amide bonds. The third kappa shape index (κ3) is 4.47. The fourth-order valence-corrected chi connectivity index (χ4v) is 2.46. The second kappa shape index (κ2) is 8.25. The first-order valence-corrected chi connectivity index (χ1v) is 7.69. The van der Waals surface area contributed by atoms with Crippen LogP contribution in [0.15, 0.2) is 0 Å². The van der Waals surface area contributed by atoms with E-state index >= 15 is 0 Å². The number of rotatable bonds is 8. The van der Waals surface area contributed by atoms with Crippen molar-refractivity contribution in [2.24, 2.45) is 5.92 Å². The molecular formula is C15H28N2O3. The summed E-state index contributed by atoms with van der Waals surface area (Å²) >= 11 is 0. The smallest absolute Gasteiger partial charge is 0.245 e. The molecule has 0 aromatic rings. The Bertz CT molecular complexity index is 331. The van der Waals surface area contributed by atoms with Crippen molar-refractivity contribution in [3.8, 4) is 0 Å². The van der Waals surface area contributed by atoms with Crippen LogP contribution in [0, 0.1) is 5.92 Å². The van der Waals surface area contributed by atoms with E-state index in [1.165, 1.54) is 0 Å². The van der Waals surface area contributed by atoms with E-state index in [4.69, 9.17) is 4.74 Å². The van der Waals surface area contributed by atoms with E-state index in [9.17, 15) is 9.59 Å². The summed E-state index contributed by atoms with van der Waals surface area (Å²) in [5.74, 6) is 0.370. The van der Waals surface area contributed by atoms with Gasteiger partial charge in [0.15, 0.2) is 0 Å². The maximum absolute atomic E-state index is 12.4. The molecular weight excluding hydrogens is 256 g/mol. The van der Waals surface area contributed by atoms with E-state index in [1.54, 1.807) is 4.90 Å². The van der Waals surface area contributed by atoms with E-state index < -0.39 is 0 Å². The molecule has 0 radical (unpaired) electrons. The molecule has 0 aliphatic carbocycles. The minimum Gasteiger partial charge on any atom is -0.380 e. The number of carbonyl (C=O) groups excluding carboxylic acids is 2. The highest BCUT2D eigenvalue weighted by atomic mass is 16.5. The Labute approximate surface area is 122 Å². The SMILES string of the molecule is CCCOCCN1C(=O)C(CC)NC(=O)C1CC(C)C. The summed E-state index contributed by atoms with van der Waals surface area (Å²) in [5.41, 5.74) is 0. The molecule has 1 saturated heterocycles. The maximum Gasteiger partial charge on any atom is 0.245 e. The van der Waals surface area contributed by atoms with Gasteiger partial charge in [0.1, 0.15) is 12.1 Å². The number of amides is 2. The zero-order chi connectivity index (χ0) is 15.1. The minimum atomic E-state index is -0.378. The molecule has 5 nitrogen and oxygen atoms in total. The van der Waals surface area contributed by atoms with Crippen molar-refractivity contribution in [2.45, 2.75) is 59.0 Å². The van der Waals surface area contributed by atoms with Crippen molar-refractivity contribution in [2.75, 3.05) is 19.8 Å². The van der Waals surface area contributed by atoms with Gasteiger partial charge in [-0.1, -0.05) is 27.7 Å². The Balaban J connectivity index is 2.72. The average Bonchev–Trinajstić information content (AvgIpc) is 2.40. The van der Waals surface area contributed by atoms with Crippen molar-refractivity contribution < 1.29 is 14.3 Å². The molecule has 0 aromatic heterocycles. The lowest BCUT2D eigenvalue weighted by atomic mass is 9.97. The number of carbonyl (C=O) groups is 2. The van der Waals surface area contributed by atoms with Gasteiger partial charge in [0.2, 0.25) is 11.8 Å². The lowest BCUT2D eigenvalue weighted by Gasteiger charge is -2.39.